The van der Waals surface area contributed by atoms with Gasteiger partial charge in [0.2, 0.25) is 0 Å². The quantitative estimate of drug-likeness (QED) is 0.808. The lowest BCUT2D eigenvalue weighted by Crippen LogP contribution is -2.40. The van der Waals surface area contributed by atoms with Crippen LogP contribution in [0.25, 0.3) is 0 Å². The average molecular weight is 222 g/mol. The number of nitrogens with zero attached hydrogens (tertiary/aromatic N) is 2. The number of hydrogen-bond donors (Lipinski definition) is 2. The summed E-state index contributed by atoms with van der Waals surface area (Å²) in [6, 6.07) is 0.671. The van der Waals surface area contributed by atoms with Gasteiger partial charge in [0.1, 0.15) is 0 Å². The molecule has 1 aromatic heterocycles. The minimum atomic E-state index is 0.671. The number of piperidine rings is 1. The Balaban J connectivity index is 1.83. The van der Waals surface area contributed by atoms with Crippen LogP contribution in [0.1, 0.15) is 29.8 Å². The van der Waals surface area contributed by atoms with Gasteiger partial charge in [-0.25, -0.2) is 0 Å². The fourth-order valence-electron chi connectivity index (χ4n) is 2.29. The van der Waals surface area contributed by atoms with Crippen molar-refractivity contribution in [3.8, 4) is 0 Å². The second kappa shape index (κ2) is 4.97. The van der Waals surface area contributed by atoms with E-state index in [1.165, 1.54) is 37.2 Å². The summed E-state index contributed by atoms with van der Waals surface area (Å²) in [5, 5.41) is 10.9. The lowest BCUT2D eigenvalue weighted by Gasteiger charge is -2.29. The van der Waals surface area contributed by atoms with Gasteiger partial charge in [0.25, 0.3) is 0 Å². The number of aromatic amines is 1. The fourth-order valence-corrected chi connectivity index (χ4v) is 2.29. The summed E-state index contributed by atoms with van der Waals surface area (Å²) in [5.41, 5.74) is 3.65. The Morgan fingerprint density at radius 2 is 2.06 bits per heavy atom. The van der Waals surface area contributed by atoms with Crippen LogP contribution < -0.4 is 5.32 Å². The molecule has 2 rings (SSSR count). The Labute approximate surface area is 97.4 Å². The van der Waals surface area contributed by atoms with Gasteiger partial charge in [-0.15, -0.1) is 0 Å². The number of aromatic nitrogens is 2. The number of nitrogens with one attached hydrogen (secondary N) is 2. The monoisotopic (exact) mass is 222 g/mol. The fraction of sp³-hybridized carbons (Fsp3) is 0.750. The van der Waals surface area contributed by atoms with Crippen LogP contribution in [0.4, 0.5) is 0 Å². The predicted molar refractivity (Wildman–Crippen MR) is 65.4 cm³/mol. The summed E-state index contributed by atoms with van der Waals surface area (Å²) in [6.07, 6.45) is 2.51. The van der Waals surface area contributed by atoms with E-state index in [1.54, 1.807) is 0 Å². The molecule has 90 valence electrons. The molecule has 2 N–H and O–H groups in total. The summed E-state index contributed by atoms with van der Waals surface area (Å²) >= 11 is 0. The first-order chi connectivity index (χ1) is 7.66. The molecule has 0 aromatic carbocycles. The molecular weight excluding hydrogens is 200 g/mol. The molecule has 0 radical (unpaired) electrons. The van der Waals surface area contributed by atoms with E-state index in [-0.39, 0.29) is 0 Å². The lowest BCUT2D eigenvalue weighted by molar-refractivity contribution is 0.234. The van der Waals surface area contributed by atoms with Gasteiger partial charge in [-0.3, -0.25) is 5.10 Å². The molecule has 0 amide bonds. The van der Waals surface area contributed by atoms with Crippen molar-refractivity contribution in [1.82, 2.24) is 20.4 Å². The van der Waals surface area contributed by atoms with Crippen molar-refractivity contribution in [2.45, 2.75) is 39.3 Å². The summed E-state index contributed by atoms with van der Waals surface area (Å²) in [7, 11) is 2.20. The van der Waals surface area contributed by atoms with Crippen LogP contribution in [0.15, 0.2) is 0 Å². The van der Waals surface area contributed by atoms with Crippen LogP contribution in [0.2, 0.25) is 0 Å². The molecule has 0 saturated carbocycles. The molecule has 1 aliphatic rings. The minimum absolute atomic E-state index is 0.671. The van der Waals surface area contributed by atoms with Crippen molar-refractivity contribution in [2.75, 3.05) is 20.1 Å². The molecule has 0 bridgehead atoms. The second-order valence-electron chi connectivity index (χ2n) is 4.87. The summed E-state index contributed by atoms with van der Waals surface area (Å²) < 4.78 is 0. The zero-order valence-electron chi connectivity index (χ0n) is 10.5. The first-order valence-corrected chi connectivity index (χ1v) is 6.09. The van der Waals surface area contributed by atoms with E-state index in [0.717, 1.165) is 12.2 Å². The average Bonchev–Trinajstić information content (AvgIpc) is 2.59. The van der Waals surface area contributed by atoms with Crippen LogP contribution >= 0.6 is 0 Å². The van der Waals surface area contributed by atoms with E-state index >= 15 is 0 Å². The largest absolute Gasteiger partial charge is 0.310 e. The topological polar surface area (TPSA) is 44.0 Å². The maximum Gasteiger partial charge on any atom is 0.0638 e. The lowest BCUT2D eigenvalue weighted by atomic mass is 10.0. The van der Waals surface area contributed by atoms with Gasteiger partial charge in [-0.1, -0.05) is 0 Å². The number of likely N-dealkylation sites (tertiary alicyclic amines) is 1. The maximum atomic E-state index is 4.22. The van der Waals surface area contributed by atoms with Crippen molar-refractivity contribution in [3.63, 3.8) is 0 Å². The third-order valence-corrected chi connectivity index (χ3v) is 3.57. The second-order valence-corrected chi connectivity index (χ2v) is 4.87. The van der Waals surface area contributed by atoms with Crippen molar-refractivity contribution in [1.29, 1.82) is 0 Å². The van der Waals surface area contributed by atoms with Crippen molar-refractivity contribution in [3.05, 3.63) is 17.0 Å². The van der Waals surface area contributed by atoms with Crippen molar-refractivity contribution >= 4 is 0 Å². The zero-order chi connectivity index (χ0) is 11.5. The van der Waals surface area contributed by atoms with Crippen LogP contribution in [0.3, 0.4) is 0 Å². The third-order valence-electron chi connectivity index (χ3n) is 3.57. The van der Waals surface area contributed by atoms with Gasteiger partial charge < -0.3 is 10.2 Å². The Morgan fingerprint density at radius 3 is 2.62 bits per heavy atom. The molecule has 1 fully saturated rings. The van der Waals surface area contributed by atoms with E-state index in [1.807, 2.05) is 0 Å². The predicted octanol–water partition coefficient (Wildman–Crippen LogP) is 1.21. The van der Waals surface area contributed by atoms with Crippen LogP contribution in [0.5, 0.6) is 0 Å². The van der Waals surface area contributed by atoms with E-state index in [0.29, 0.717) is 6.04 Å². The van der Waals surface area contributed by atoms with Crippen LogP contribution in [-0.4, -0.2) is 41.3 Å². The van der Waals surface area contributed by atoms with Crippen molar-refractivity contribution < 1.29 is 0 Å². The number of rotatable bonds is 3. The Hall–Kier alpha value is -0.870. The van der Waals surface area contributed by atoms with Gasteiger partial charge in [-0.05, 0) is 46.8 Å². The molecule has 1 saturated heterocycles. The third kappa shape index (κ3) is 2.62. The number of aryl methyl sites for hydroxylation is 2. The van der Waals surface area contributed by atoms with E-state index < -0.39 is 0 Å². The molecular formula is C12H22N4. The molecule has 4 heteroatoms. The van der Waals surface area contributed by atoms with Gasteiger partial charge in [-0.2, -0.15) is 5.10 Å². The van der Waals surface area contributed by atoms with E-state index in [2.05, 4.69) is 41.3 Å². The molecule has 0 spiro atoms. The van der Waals surface area contributed by atoms with Gasteiger partial charge >= 0.3 is 0 Å². The van der Waals surface area contributed by atoms with Crippen LogP contribution in [-0.2, 0) is 6.54 Å². The normalized spacial score (nSPS) is 19.2. The molecule has 0 aliphatic carbocycles. The Kier molecular flexibility index (Phi) is 3.61. The first-order valence-electron chi connectivity index (χ1n) is 6.09. The van der Waals surface area contributed by atoms with Crippen LogP contribution in [0, 0.1) is 13.8 Å². The highest BCUT2D eigenvalue weighted by Gasteiger charge is 2.16. The van der Waals surface area contributed by atoms with Crippen molar-refractivity contribution in [2.24, 2.45) is 0 Å². The molecule has 2 heterocycles. The van der Waals surface area contributed by atoms with E-state index in [4.69, 9.17) is 0 Å². The molecule has 0 atom stereocenters. The summed E-state index contributed by atoms with van der Waals surface area (Å²) in [5.74, 6) is 0. The standard InChI is InChI=1S/C12H22N4/c1-9-12(10(2)15-14-9)8-13-11-4-6-16(3)7-5-11/h11,13H,4-8H2,1-3H3,(H,14,15). The van der Waals surface area contributed by atoms with Gasteiger partial charge in [0.05, 0.1) is 5.69 Å². The Bertz CT molecular complexity index is 317. The molecule has 0 unspecified atom stereocenters. The smallest absolute Gasteiger partial charge is 0.0638 e. The highest BCUT2D eigenvalue weighted by Crippen LogP contribution is 2.12. The molecule has 1 aliphatic heterocycles. The highest BCUT2D eigenvalue weighted by atomic mass is 15.1. The molecule has 1 aromatic rings. The maximum absolute atomic E-state index is 4.22. The summed E-state index contributed by atoms with van der Waals surface area (Å²) in [6.45, 7) is 7.52. The minimum Gasteiger partial charge on any atom is -0.310 e. The van der Waals surface area contributed by atoms with Gasteiger partial charge in [0, 0.05) is 23.8 Å². The number of H-pyrrole nitrogens is 1. The first kappa shape index (κ1) is 11.6. The number of hydrogen-bond acceptors (Lipinski definition) is 3. The van der Waals surface area contributed by atoms with Gasteiger partial charge in [0.15, 0.2) is 0 Å². The molecule has 16 heavy (non-hydrogen) atoms. The van der Waals surface area contributed by atoms with E-state index in [9.17, 15) is 0 Å². The molecule has 4 nitrogen and oxygen atoms in total. The zero-order valence-corrected chi connectivity index (χ0v) is 10.5. The SMILES string of the molecule is Cc1n[nH]c(C)c1CNC1CCN(C)CC1. The highest BCUT2D eigenvalue weighted by molar-refractivity contribution is 5.22. The summed E-state index contributed by atoms with van der Waals surface area (Å²) in [4.78, 5) is 2.40. The Morgan fingerprint density at radius 1 is 1.38 bits per heavy atom.